The summed E-state index contributed by atoms with van der Waals surface area (Å²) in [4.78, 5) is 2.17. The molecule has 0 fully saturated rings. The highest BCUT2D eigenvalue weighted by atomic mass is 15.1. The Morgan fingerprint density at radius 3 is 2.69 bits per heavy atom. The highest BCUT2D eigenvalue weighted by Gasteiger charge is 2.03. The molecule has 1 aromatic rings. The number of aromatic nitrogens is 2. The first-order valence-electron chi connectivity index (χ1n) is 5.81. The van der Waals surface area contributed by atoms with Gasteiger partial charge in [0.2, 0.25) is 0 Å². The van der Waals surface area contributed by atoms with Crippen LogP contribution < -0.4 is 5.32 Å². The number of aryl methyl sites for hydroxylation is 2. The number of rotatable bonds is 6. The topological polar surface area (TPSA) is 41.1 Å². The molecular formula is C12H22N4. The Bertz CT molecular complexity index is 323. The van der Waals surface area contributed by atoms with Gasteiger partial charge in [-0.15, -0.1) is 0 Å². The van der Waals surface area contributed by atoms with Gasteiger partial charge >= 0.3 is 0 Å². The lowest BCUT2D eigenvalue weighted by molar-refractivity contribution is 0.399. The van der Waals surface area contributed by atoms with E-state index >= 15 is 0 Å². The monoisotopic (exact) mass is 222 g/mol. The molecule has 0 aliphatic carbocycles. The van der Waals surface area contributed by atoms with E-state index in [2.05, 4.69) is 47.5 Å². The standard InChI is InChI=1S/C12H22N4/c1-5-12-11(8-10(2)14-15-12)9-13-6-7-16(3)4/h8,13H,5-7,9H2,1-4H3. The Labute approximate surface area is 98.1 Å². The molecule has 0 amide bonds. The normalized spacial score (nSPS) is 11.1. The molecule has 0 atom stereocenters. The van der Waals surface area contributed by atoms with Crippen LogP contribution in [0.1, 0.15) is 23.9 Å². The van der Waals surface area contributed by atoms with Gasteiger partial charge in [-0.1, -0.05) is 6.92 Å². The summed E-state index contributed by atoms with van der Waals surface area (Å²) >= 11 is 0. The molecule has 4 nitrogen and oxygen atoms in total. The van der Waals surface area contributed by atoms with Gasteiger partial charge in [0.1, 0.15) is 0 Å². The maximum Gasteiger partial charge on any atom is 0.0673 e. The van der Waals surface area contributed by atoms with Gasteiger partial charge in [-0.3, -0.25) is 0 Å². The van der Waals surface area contributed by atoms with Crippen molar-refractivity contribution in [2.45, 2.75) is 26.8 Å². The van der Waals surface area contributed by atoms with Gasteiger partial charge in [-0.25, -0.2) is 0 Å². The predicted octanol–water partition coefficient (Wildman–Crippen LogP) is 0.999. The van der Waals surface area contributed by atoms with Crippen molar-refractivity contribution in [2.75, 3.05) is 27.2 Å². The first kappa shape index (κ1) is 13.1. The minimum atomic E-state index is 0.882. The van der Waals surface area contributed by atoms with Crippen LogP contribution in [0.5, 0.6) is 0 Å². The van der Waals surface area contributed by atoms with Gasteiger partial charge in [0, 0.05) is 19.6 Å². The number of nitrogens with zero attached hydrogens (tertiary/aromatic N) is 3. The Morgan fingerprint density at radius 2 is 2.06 bits per heavy atom. The van der Waals surface area contributed by atoms with Crippen LogP contribution in [0.15, 0.2) is 6.07 Å². The fourth-order valence-electron chi connectivity index (χ4n) is 1.54. The lowest BCUT2D eigenvalue weighted by Gasteiger charge is -2.11. The smallest absolute Gasteiger partial charge is 0.0673 e. The molecule has 0 bridgehead atoms. The zero-order valence-electron chi connectivity index (χ0n) is 10.7. The third kappa shape index (κ3) is 4.24. The van der Waals surface area contributed by atoms with E-state index in [9.17, 15) is 0 Å². The van der Waals surface area contributed by atoms with Gasteiger partial charge in [-0.2, -0.15) is 10.2 Å². The maximum absolute atomic E-state index is 4.21. The zero-order chi connectivity index (χ0) is 12.0. The summed E-state index contributed by atoms with van der Waals surface area (Å²) in [5, 5.41) is 11.7. The second kappa shape index (κ2) is 6.55. The van der Waals surface area contributed by atoms with Gasteiger partial charge in [0.25, 0.3) is 0 Å². The van der Waals surface area contributed by atoms with Crippen LogP contribution in [0.2, 0.25) is 0 Å². The van der Waals surface area contributed by atoms with Crippen molar-refractivity contribution in [3.63, 3.8) is 0 Å². The third-order valence-electron chi connectivity index (χ3n) is 2.47. The minimum absolute atomic E-state index is 0.882. The number of likely N-dealkylation sites (N-methyl/N-ethyl adjacent to an activating group) is 1. The maximum atomic E-state index is 4.21. The van der Waals surface area contributed by atoms with E-state index in [4.69, 9.17) is 0 Å². The molecule has 90 valence electrons. The van der Waals surface area contributed by atoms with Crippen molar-refractivity contribution in [3.8, 4) is 0 Å². The molecule has 0 saturated carbocycles. The molecule has 0 aliphatic heterocycles. The molecule has 0 unspecified atom stereocenters. The molecule has 0 saturated heterocycles. The van der Waals surface area contributed by atoms with Gasteiger partial charge < -0.3 is 10.2 Å². The third-order valence-corrected chi connectivity index (χ3v) is 2.47. The molecular weight excluding hydrogens is 200 g/mol. The molecule has 0 aromatic carbocycles. The Balaban J connectivity index is 2.48. The Morgan fingerprint density at radius 1 is 1.31 bits per heavy atom. The Hall–Kier alpha value is -1.00. The molecule has 16 heavy (non-hydrogen) atoms. The van der Waals surface area contributed by atoms with E-state index in [-0.39, 0.29) is 0 Å². The van der Waals surface area contributed by atoms with E-state index in [1.54, 1.807) is 0 Å². The first-order chi connectivity index (χ1) is 7.63. The first-order valence-corrected chi connectivity index (χ1v) is 5.81. The van der Waals surface area contributed by atoms with Gasteiger partial charge in [-0.05, 0) is 39.1 Å². The molecule has 0 spiro atoms. The summed E-state index contributed by atoms with van der Waals surface area (Å²) in [6.45, 7) is 7.03. The molecule has 1 rings (SSSR count). The second-order valence-electron chi connectivity index (χ2n) is 4.29. The van der Waals surface area contributed by atoms with Crippen LogP contribution in [-0.2, 0) is 13.0 Å². The molecule has 4 heteroatoms. The van der Waals surface area contributed by atoms with Gasteiger partial charge in [0.05, 0.1) is 11.4 Å². The number of hydrogen-bond acceptors (Lipinski definition) is 4. The highest BCUT2D eigenvalue weighted by molar-refractivity contribution is 5.20. The summed E-state index contributed by atoms with van der Waals surface area (Å²) < 4.78 is 0. The molecule has 1 heterocycles. The molecule has 0 radical (unpaired) electrons. The van der Waals surface area contributed by atoms with E-state index < -0.39 is 0 Å². The van der Waals surface area contributed by atoms with E-state index in [0.717, 1.165) is 37.4 Å². The number of nitrogens with one attached hydrogen (secondary N) is 1. The van der Waals surface area contributed by atoms with Gasteiger partial charge in [0.15, 0.2) is 0 Å². The summed E-state index contributed by atoms with van der Waals surface area (Å²) in [5.74, 6) is 0. The van der Waals surface area contributed by atoms with Crippen molar-refractivity contribution in [3.05, 3.63) is 23.0 Å². The fraction of sp³-hybridized carbons (Fsp3) is 0.667. The molecule has 1 aromatic heterocycles. The zero-order valence-corrected chi connectivity index (χ0v) is 10.7. The fourth-order valence-corrected chi connectivity index (χ4v) is 1.54. The van der Waals surface area contributed by atoms with Crippen molar-refractivity contribution in [2.24, 2.45) is 0 Å². The van der Waals surface area contributed by atoms with Crippen LogP contribution in [0.3, 0.4) is 0 Å². The summed E-state index contributed by atoms with van der Waals surface area (Å²) in [7, 11) is 4.16. The summed E-state index contributed by atoms with van der Waals surface area (Å²) in [6.07, 6.45) is 0.942. The largest absolute Gasteiger partial charge is 0.311 e. The molecule has 0 aliphatic rings. The van der Waals surface area contributed by atoms with E-state index in [1.165, 1.54) is 5.56 Å². The van der Waals surface area contributed by atoms with Crippen LogP contribution in [-0.4, -0.2) is 42.3 Å². The second-order valence-corrected chi connectivity index (χ2v) is 4.29. The number of hydrogen-bond donors (Lipinski definition) is 1. The lowest BCUT2D eigenvalue weighted by atomic mass is 10.1. The quantitative estimate of drug-likeness (QED) is 0.729. The highest BCUT2D eigenvalue weighted by Crippen LogP contribution is 2.06. The Kier molecular flexibility index (Phi) is 5.35. The summed E-state index contributed by atoms with van der Waals surface area (Å²) in [6, 6.07) is 2.12. The average molecular weight is 222 g/mol. The van der Waals surface area contributed by atoms with Crippen molar-refractivity contribution >= 4 is 0 Å². The SMILES string of the molecule is CCc1nnc(C)cc1CNCCN(C)C. The van der Waals surface area contributed by atoms with E-state index in [1.807, 2.05) is 6.92 Å². The van der Waals surface area contributed by atoms with Crippen molar-refractivity contribution in [1.82, 2.24) is 20.4 Å². The summed E-state index contributed by atoms with van der Waals surface area (Å²) in [5.41, 5.74) is 3.36. The van der Waals surface area contributed by atoms with Crippen molar-refractivity contribution in [1.29, 1.82) is 0 Å². The average Bonchev–Trinajstić information content (AvgIpc) is 2.24. The molecule has 1 N–H and O–H groups in total. The minimum Gasteiger partial charge on any atom is -0.311 e. The van der Waals surface area contributed by atoms with Crippen LogP contribution >= 0.6 is 0 Å². The van der Waals surface area contributed by atoms with Crippen LogP contribution in [0.4, 0.5) is 0 Å². The van der Waals surface area contributed by atoms with Crippen LogP contribution in [0.25, 0.3) is 0 Å². The van der Waals surface area contributed by atoms with Crippen molar-refractivity contribution < 1.29 is 0 Å². The van der Waals surface area contributed by atoms with E-state index in [0.29, 0.717) is 0 Å². The predicted molar refractivity (Wildman–Crippen MR) is 66.4 cm³/mol. The van der Waals surface area contributed by atoms with Crippen LogP contribution in [0, 0.1) is 6.92 Å². The lowest BCUT2D eigenvalue weighted by Crippen LogP contribution is -2.26.